The molecule has 0 radical (unpaired) electrons. The van der Waals surface area contributed by atoms with Crippen molar-refractivity contribution in [3.8, 4) is 5.75 Å². The number of nitrogens with zero attached hydrogens (tertiary/aromatic N) is 3. The number of halogens is 1. The molecule has 0 saturated heterocycles. The average molecular weight is 384 g/mol. The molecule has 0 aliphatic heterocycles. The lowest BCUT2D eigenvalue weighted by Crippen LogP contribution is -2.04. The minimum atomic E-state index is -0.0155. The zero-order chi connectivity index (χ0) is 19.4. The van der Waals surface area contributed by atoms with E-state index in [1.165, 1.54) is 13.1 Å². The molecule has 2 N–H and O–H groups in total. The van der Waals surface area contributed by atoms with E-state index >= 15 is 0 Å². The normalized spacial score (nSPS) is 10.4. The highest BCUT2D eigenvalue weighted by molar-refractivity contribution is 6.31. The summed E-state index contributed by atoms with van der Waals surface area (Å²) in [5, 5.41) is 14.8. The highest BCUT2D eigenvalue weighted by Gasteiger charge is 2.09. The van der Waals surface area contributed by atoms with Crippen LogP contribution in [0, 0.1) is 6.92 Å². The Morgan fingerprint density at radius 3 is 2.74 bits per heavy atom. The summed E-state index contributed by atoms with van der Waals surface area (Å²) in [4.78, 5) is 15.9. The number of carbonyl (C=O) groups is 1. The first-order chi connectivity index (χ1) is 13.0. The van der Waals surface area contributed by atoms with Gasteiger partial charge in [-0.25, -0.2) is 0 Å². The number of benzene rings is 2. The van der Waals surface area contributed by atoms with E-state index in [2.05, 4.69) is 25.8 Å². The van der Waals surface area contributed by atoms with Crippen molar-refractivity contribution in [2.24, 2.45) is 0 Å². The predicted molar refractivity (Wildman–Crippen MR) is 106 cm³/mol. The molecular weight excluding hydrogens is 366 g/mol. The van der Waals surface area contributed by atoms with Crippen LogP contribution >= 0.6 is 11.6 Å². The van der Waals surface area contributed by atoms with E-state index in [-0.39, 0.29) is 5.78 Å². The lowest BCUT2D eigenvalue weighted by Gasteiger charge is -2.13. The fraction of sp³-hybridized carbons (Fsp3) is 0.158. The molecule has 8 heteroatoms. The van der Waals surface area contributed by atoms with Crippen LogP contribution < -0.4 is 15.4 Å². The number of carbonyl (C=O) groups excluding carboxylic acids is 1. The Morgan fingerprint density at radius 2 is 2.00 bits per heavy atom. The molecule has 27 heavy (non-hydrogen) atoms. The summed E-state index contributed by atoms with van der Waals surface area (Å²) in [5.41, 5.74) is 2.91. The quantitative estimate of drug-likeness (QED) is 0.604. The van der Waals surface area contributed by atoms with Gasteiger partial charge in [-0.3, -0.25) is 4.79 Å². The number of methoxy groups -OCH3 is 1. The molecule has 0 aliphatic carbocycles. The van der Waals surface area contributed by atoms with Crippen molar-refractivity contribution in [3.63, 3.8) is 0 Å². The second-order valence-electron chi connectivity index (χ2n) is 5.85. The molecule has 1 heterocycles. The van der Waals surface area contributed by atoms with Gasteiger partial charge in [0.25, 0.3) is 0 Å². The molecule has 0 amide bonds. The van der Waals surface area contributed by atoms with E-state index in [0.717, 1.165) is 5.56 Å². The van der Waals surface area contributed by atoms with Crippen molar-refractivity contribution in [2.45, 2.75) is 13.8 Å². The van der Waals surface area contributed by atoms with Crippen LogP contribution in [-0.2, 0) is 0 Å². The molecule has 3 rings (SSSR count). The molecule has 2 aromatic carbocycles. The minimum Gasteiger partial charge on any atom is -0.495 e. The number of ether oxygens (including phenoxy) is 1. The molecule has 7 nitrogen and oxygen atoms in total. The van der Waals surface area contributed by atoms with Gasteiger partial charge in [-0.15, -0.1) is 5.10 Å². The largest absolute Gasteiger partial charge is 0.495 e. The number of ketones is 1. The molecule has 0 spiro atoms. The molecular formula is C19H18ClN5O2. The number of rotatable bonds is 6. The van der Waals surface area contributed by atoms with E-state index < -0.39 is 0 Å². The molecule has 138 valence electrons. The van der Waals surface area contributed by atoms with E-state index in [4.69, 9.17) is 16.3 Å². The fourth-order valence-electron chi connectivity index (χ4n) is 2.43. The lowest BCUT2D eigenvalue weighted by atomic mass is 10.1. The first-order valence-corrected chi connectivity index (χ1v) is 8.53. The van der Waals surface area contributed by atoms with Crippen molar-refractivity contribution in [3.05, 3.63) is 58.7 Å². The smallest absolute Gasteiger partial charge is 0.249 e. The SMILES string of the molecule is COc1cc(Cl)c(C)cc1Nc1cnnc(Nc2cccc(C(C)=O)c2)n1. The van der Waals surface area contributed by atoms with Crippen LogP contribution in [0.1, 0.15) is 22.8 Å². The van der Waals surface area contributed by atoms with Crippen LogP contribution in [0.2, 0.25) is 5.02 Å². The summed E-state index contributed by atoms with van der Waals surface area (Å²) >= 11 is 6.14. The summed E-state index contributed by atoms with van der Waals surface area (Å²) in [5.74, 6) is 1.35. The Kier molecular flexibility index (Phi) is 5.52. The highest BCUT2D eigenvalue weighted by Crippen LogP contribution is 2.32. The van der Waals surface area contributed by atoms with Crippen molar-refractivity contribution in [1.82, 2.24) is 15.2 Å². The number of Topliss-reactive ketones (excluding diaryl/α,β-unsaturated/α-hetero) is 1. The van der Waals surface area contributed by atoms with Gasteiger partial charge in [0.1, 0.15) is 5.75 Å². The number of aromatic nitrogens is 3. The number of hydrogen-bond acceptors (Lipinski definition) is 7. The topological polar surface area (TPSA) is 89.0 Å². The number of anilines is 4. The molecule has 0 saturated carbocycles. The van der Waals surface area contributed by atoms with Gasteiger partial charge in [0.15, 0.2) is 11.6 Å². The first kappa shape index (κ1) is 18.6. The van der Waals surface area contributed by atoms with Gasteiger partial charge >= 0.3 is 0 Å². The number of aryl methyl sites for hydroxylation is 1. The Hall–Kier alpha value is -3.19. The van der Waals surface area contributed by atoms with E-state index in [0.29, 0.717) is 39.5 Å². The first-order valence-electron chi connectivity index (χ1n) is 8.15. The zero-order valence-corrected chi connectivity index (χ0v) is 15.8. The maximum Gasteiger partial charge on any atom is 0.249 e. The van der Waals surface area contributed by atoms with E-state index in [1.807, 2.05) is 19.1 Å². The Morgan fingerprint density at radius 1 is 1.19 bits per heavy atom. The summed E-state index contributed by atoms with van der Waals surface area (Å²) in [6.07, 6.45) is 1.50. The third-order valence-corrected chi connectivity index (χ3v) is 4.23. The van der Waals surface area contributed by atoms with Gasteiger partial charge in [-0.05, 0) is 37.6 Å². The number of hydrogen-bond donors (Lipinski definition) is 2. The summed E-state index contributed by atoms with van der Waals surface area (Å²) in [7, 11) is 1.57. The molecule has 1 aromatic heterocycles. The second-order valence-corrected chi connectivity index (χ2v) is 6.26. The molecule has 0 bridgehead atoms. The van der Waals surface area contributed by atoms with Crippen LogP contribution in [0.3, 0.4) is 0 Å². The van der Waals surface area contributed by atoms with Crippen LogP contribution in [0.4, 0.5) is 23.1 Å². The third kappa shape index (κ3) is 4.51. The standard InChI is InChI=1S/C19H18ClN5O2/c1-11-7-16(17(27-3)9-15(11)20)23-18-10-21-25-19(24-18)22-14-6-4-5-13(8-14)12(2)26/h4-10H,1-3H3,(H2,22,23,24,25). The van der Waals surface area contributed by atoms with Gasteiger partial charge in [0.2, 0.25) is 5.95 Å². The van der Waals surface area contributed by atoms with Crippen LogP contribution in [-0.4, -0.2) is 28.1 Å². The summed E-state index contributed by atoms with van der Waals surface area (Å²) in [6.45, 7) is 3.42. The van der Waals surface area contributed by atoms with Gasteiger partial charge in [0, 0.05) is 22.3 Å². The molecule has 0 atom stereocenters. The van der Waals surface area contributed by atoms with Crippen LogP contribution in [0.5, 0.6) is 5.75 Å². The Bertz CT molecular complexity index is 994. The predicted octanol–water partition coefficient (Wildman–Crippen LogP) is 4.53. The van der Waals surface area contributed by atoms with Crippen molar-refractivity contribution in [2.75, 3.05) is 17.7 Å². The molecule has 3 aromatic rings. The lowest BCUT2D eigenvalue weighted by molar-refractivity contribution is 0.101. The van der Waals surface area contributed by atoms with Gasteiger partial charge in [-0.1, -0.05) is 23.7 Å². The molecule has 0 unspecified atom stereocenters. The second kappa shape index (κ2) is 8.01. The highest BCUT2D eigenvalue weighted by atomic mass is 35.5. The van der Waals surface area contributed by atoms with Gasteiger partial charge in [-0.2, -0.15) is 10.1 Å². The maximum atomic E-state index is 11.5. The van der Waals surface area contributed by atoms with Crippen molar-refractivity contribution in [1.29, 1.82) is 0 Å². The van der Waals surface area contributed by atoms with E-state index in [9.17, 15) is 4.79 Å². The van der Waals surface area contributed by atoms with Crippen molar-refractivity contribution >= 4 is 40.5 Å². The van der Waals surface area contributed by atoms with Gasteiger partial charge in [0.05, 0.1) is 19.0 Å². The zero-order valence-electron chi connectivity index (χ0n) is 15.1. The summed E-state index contributed by atoms with van der Waals surface area (Å²) < 4.78 is 5.36. The van der Waals surface area contributed by atoms with Crippen LogP contribution in [0.15, 0.2) is 42.6 Å². The monoisotopic (exact) mass is 383 g/mol. The minimum absolute atomic E-state index is 0.0155. The average Bonchev–Trinajstić information content (AvgIpc) is 2.65. The van der Waals surface area contributed by atoms with Crippen LogP contribution in [0.25, 0.3) is 0 Å². The third-order valence-electron chi connectivity index (χ3n) is 3.83. The fourth-order valence-corrected chi connectivity index (χ4v) is 2.58. The Balaban J connectivity index is 1.83. The number of nitrogens with one attached hydrogen (secondary N) is 2. The summed E-state index contributed by atoms with van der Waals surface area (Å²) in [6, 6.07) is 10.7. The molecule has 0 aliphatic rings. The van der Waals surface area contributed by atoms with Crippen molar-refractivity contribution < 1.29 is 9.53 Å². The maximum absolute atomic E-state index is 11.5. The van der Waals surface area contributed by atoms with Gasteiger partial charge < -0.3 is 15.4 Å². The Labute approximate surface area is 161 Å². The van der Waals surface area contributed by atoms with E-state index in [1.54, 1.807) is 31.4 Å². The molecule has 0 fully saturated rings.